The monoisotopic (exact) mass is 442 g/mol. The van der Waals surface area contributed by atoms with E-state index in [4.69, 9.17) is 21.4 Å². The van der Waals surface area contributed by atoms with Gasteiger partial charge in [0.05, 0.1) is 24.3 Å². The van der Waals surface area contributed by atoms with Crippen LogP contribution in [0.25, 0.3) is 0 Å². The molecule has 3 aromatic carbocycles. The van der Waals surface area contributed by atoms with Crippen LogP contribution < -0.4 is 15.4 Å². The fraction of sp³-hybridized carbons (Fsp3) is 0.130. The Bertz CT molecular complexity index is 1120. The Morgan fingerprint density at radius 3 is 2.48 bits per heavy atom. The molecule has 0 fully saturated rings. The van der Waals surface area contributed by atoms with Crippen molar-refractivity contribution >= 4 is 34.7 Å². The number of aliphatic hydroxyl groups excluding tert-OH is 1. The van der Waals surface area contributed by atoms with Crippen molar-refractivity contribution in [2.45, 2.75) is 0 Å². The van der Waals surface area contributed by atoms with Crippen molar-refractivity contribution in [3.05, 3.63) is 88.2 Å². The highest BCUT2D eigenvalue weighted by atomic mass is 35.5. The van der Waals surface area contributed by atoms with Gasteiger partial charge in [-0.2, -0.15) is 0 Å². The largest absolute Gasteiger partial charge is 0.496 e. The molecule has 0 heterocycles. The number of benzene rings is 3. The second-order valence-corrected chi connectivity index (χ2v) is 6.96. The summed E-state index contributed by atoms with van der Waals surface area (Å²) in [5.41, 5.74) is 1.76. The first-order valence-electron chi connectivity index (χ1n) is 9.37. The Morgan fingerprint density at radius 2 is 1.81 bits per heavy atom. The molecule has 0 bridgehead atoms. The van der Waals surface area contributed by atoms with E-state index in [1.165, 1.54) is 37.4 Å². The first kappa shape index (κ1) is 22.3. The number of ether oxygens (including phenoxy) is 1. The number of rotatable bonds is 8. The maximum Gasteiger partial charge on any atom is 0.251 e. The van der Waals surface area contributed by atoms with Crippen molar-refractivity contribution in [3.63, 3.8) is 0 Å². The Hall–Kier alpha value is -3.42. The summed E-state index contributed by atoms with van der Waals surface area (Å²) in [7, 11) is 1.42. The molecule has 3 aromatic rings. The fourth-order valence-corrected chi connectivity index (χ4v) is 3.22. The minimum absolute atomic E-state index is 0.0970. The van der Waals surface area contributed by atoms with Crippen LogP contribution in [0.5, 0.6) is 5.75 Å². The lowest BCUT2D eigenvalue weighted by Gasteiger charge is -2.12. The number of ketones is 1. The number of carbonyl (C=O) groups is 2. The smallest absolute Gasteiger partial charge is 0.251 e. The fourth-order valence-electron chi connectivity index (χ4n) is 2.95. The average molecular weight is 443 g/mol. The number of hydrogen-bond acceptors (Lipinski definition) is 5. The number of nitrogens with one attached hydrogen (secondary N) is 2. The zero-order valence-corrected chi connectivity index (χ0v) is 17.4. The Morgan fingerprint density at radius 1 is 1.03 bits per heavy atom. The number of anilines is 2. The highest BCUT2D eigenvalue weighted by Gasteiger charge is 2.20. The molecule has 0 saturated carbocycles. The predicted molar refractivity (Wildman–Crippen MR) is 117 cm³/mol. The third-order valence-electron chi connectivity index (χ3n) is 4.43. The van der Waals surface area contributed by atoms with Crippen molar-refractivity contribution in [3.8, 4) is 5.75 Å². The SMILES string of the molecule is COc1ccc(C(=O)NCCO)cc1C(=O)c1ccc(Nc2cccc(F)c2)cc1Cl. The summed E-state index contributed by atoms with van der Waals surface area (Å²) < 4.78 is 18.6. The molecular formula is C23H20ClFN2O4. The third-order valence-corrected chi connectivity index (χ3v) is 4.74. The lowest BCUT2D eigenvalue weighted by Crippen LogP contribution is -2.26. The lowest BCUT2D eigenvalue weighted by molar-refractivity contribution is 0.0944. The van der Waals surface area contributed by atoms with Gasteiger partial charge in [0.15, 0.2) is 5.78 Å². The van der Waals surface area contributed by atoms with Crippen LogP contribution in [-0.4, -0.2) is 37.1 Å². The van der Waals surface area contributed by atoms with Gasteiger partial charge < -0.3 is 20.5 Å². The summed E-state index contributed by atoms with van der Waals surface area (Å²) in [6, 6.07) is 15.2. The lowest BCUT2D eigenvalue weighted by atomic mass is 9.99. The predicted octanol–water partition coefficient (Wildman–Crippen LogP) is 4.18. The molecule has 8 heteroatoms. The number of carbonyl (C=O) groups excluding carboxylic acids is 2. The van der Waals surface area contributed by atoms with Crippen molar-refractivity contribution in [2.24, 2.45) is 0 Å². The van der Waals surface area contributed by atoms with E-state index in [-0.39, 0.29) is 40.7 Å². The molecule has 3 N–H and O–H groups in total. The molecule has 0 saturated heterocycles. The zero-order valence-electron chi connectivity index (χ0n) is 16.6. The average Bonchev–Trinajstić information content (AvgIpc) is 2.76. The van der Waals surface area contributed by atoms with Crippen LogP contribution >= 0.6 is 11.6 Å². The van der Waals surface area contributed by atoms with Gasteiger partial charge in [-0.05, 0) is 54.6 Å². The van der Waals surface area contributed by atoms with E-state index in [0.29, 0.717) is 17.1 Å². The quantitative estimate of drug-likeness (QED) is 0.455. The van der Waals surface area contributed by atoms with E-state index in [1.807, 2.05) is 0 Å². The maximum absolute atomic E-state index is 13.4. The number of hydrogen-bond donors (Lipinski definition) is 3. The summed E-state index contributed by atoms with van der Waals surface area (Å²) in [4.78, 5) is 25.3. The Balaban J connectivity index is 1.88. The third kappa shape index (κ3) is 5.39. The van der Waals surface area contributed by atoms with Gasteiger partial charge in [0.2, 0.25) is 0 Å². The molecule has 3 rings (SSSR count). The number of methoxy groups -OCH3 is 1. The van der Waals surface area contributed by atoms with E-state index in [2.05, 4.69) is 10.6 Å². The summed E-state index contributed by atoms with van der Waals surface area (Å²) in [6.45, 7) is -0.0982. The first-order valence-corrected chi connectivity index (χ1v) is 9.74. The standard InChI is InChI=1S/C23H20ClFN2O4/c1-31-21-8-5-14(23(30)26-9-10-28)11-19(21)22(29)18-7-6-17(13-20(18)24)27-16-4-2-3-15(25)12-16/h2-8,11-13,27-28H,9-10H2,1H3,(H,26,30). The molecule has 0 radical (unpaired) electrons. The van der Waals surface area contributed by atoms with E-state index >= 15 is 0 Å². The zero-order chi connectivity index (χ0) is 22.4. The van der Waals surface area contributed by atoms with Crippen molar-refractivity contribution in [2.75, 3.05) is 25.6 Å². The van der Waals surface area contributed by atoms with Crippen molar-refractivity contribution < 1.29 is 23.8 Å². The van der Waals surface area contributed by atoms with Crippen molar-refractivity contribution in [1.29, 1.82) is 0 Å². The van der Waals surface area contributed by atoms with Gasteiger partial charge in [0.1, 0.15) is 11.6 Å². The van der Waals surface area contributed by atoms with Gasteiger partial charge in [0.25, 0.3) is 5.91 Å². The molecule has 0 aliphatic carbocycles. The highest BCUT2D eigenvalue weighted by molar-refractivity contribution is 6.35. The van der Waals surface area contributed by atoms with Crippen LogP contribution in [0.2, 0.25) is 5.02 Å². The highest BCUT2D eigenvalue weighted by Crippen LogP contribution is 2.29. The van der Waals surface area contributed by atoms with E-state index in [0.717, 1.165) is 0 Å². The van der Waals surface area contributed by atoms with Crippen LogP contribution in [0.4, 0.5) is 15.8 Å². The van der Waals surface area contributed by atoms with Gasteiger partial charge in [-0.3, -0.25) is 9.59 Å². The maximum atomic E-state index is 13.4. The van der Waals surface area contributed by atoms with Crippen LogP contribution in [0.3, 0.4) is 0 Å². The summed E-state index contributed by atoms with van der Waals surface area (Å²) in [5.74, 6) is -0.929. The van der Waals surface area contributed by atoms with Crippen molar-refractivity contribution in [1.82, 2.24) is 5.32 Å². The minimum atomic E-state index is -0.425. The van der Waals surface area contributed by atoms with Gasteiger partial charge in [0, 0.05) is 29.0 Å². The molecule has 31 heavy (non-hydrogen) atoms. The summed E-state index contributed by atoms with van der Waals surface area (Å²) in [5, 5.41) is 14.6. The van der Waals surface area contributed by atoms with Gasteiger partial charge >= 0.3 is 0 Å². The first-order chi connectivity index (χ1) is 14.9. The van der Waals surface area contributed by atoms with Crippen LogP contribution in [-0.2, 0) is 0 Å². The molecule has 160 valence electrons. The number of amides is 1. The van der Waals surface area contributed by atoms with Gasteiger partial charge in [-0.15, -0.1) is 0 Å². The van der Waals surface area contributed by atoms with Gasteiger partial charge in [-0.25, -0.2) is 4.39 Å². The van der Waals surface area contributed by atoms with E-state index in [1.54, 1.807) is 30.3 Å². The van der Waals surface area contributed by atoms with E-state index in [9.17, 15) is 14.0 Å². The van der Waals surface area contributed by atoms with Crippen LogP contribution in [0.1, 0.15) is 26.3 Å². The normalized spacial score (nSPS) is 10.5. The molecule has 6 nitrogen and oxygen atoms in total. The molecule has 0 unspecified atom stereocenters. The summed E-state index contributed by atoms with van der Waals surface area (Å²) in [6.07, 6.45) is 0. The minimum Gasteiger partial charge on any atom is -0.496 e. The van der Waals surface area contributed by atoms with Crippen LogP contribution in [0, 0.1) is 5.82 Å². The molecule has 0 aliphatic rings. The van der Waals surface area contributed by atoms with E-state index < -0.39 is 11.7 Å². The number of halogens is 2. The van der Waals surface area contributed by atoms with Gasteiger partial charge in [-0.1, -0.05) is 17.7 Å². The molecule has 0 aromatic heterocycles. The topological polar surface area (TPSA) is 87.7 Å². The Labute approximate surface area is 183 Å². The molecule has 1 amide bonds. The molecular weight excluding hydrogens is 423 g/mol. The Kier molecular flexibility index (Phi) is 7.23. The second kappa shape index (κ2) is 10.1. The summed E-state index contributed by atoms with van der Waals surface area (Å²) >= 11 is 6.36. The molecule has 0 aliphatic heterocycles. The van der Waals surface area contributed by atoms with Crippen LogP contribution in [0.15, 0.2) is 60.7 Å². The molecule has 0 spiro atoms. The molecule has 0 atom stereocenters. The number of aliphatic hydroxyl groups is 1. The second-order valence-electron chi connectivity index (χ2n) is 6.55.